The van der Waals surface area contributed by atoms with Gasteiger partial charge in [-0.1, -0.05) is 84.0 Å². The number of rotatable bonds is 1. The van der Waals surface area contributed by atoms with Gasteiger partial charge in [0.15, 0.2) is 0 Å². The SMILES string of the molecule is CC(C)(C)c1cc(-c2ccc3[nH]c4ccccc4c3c2)cc(C(C)(C)C)c1. The van der Waals surface area contributed by atoms with E-state index in [4.69, 9.17) is 0 Å². The highest BCUT2D eigenvalue weighted by molar-refractivity contribution is 6.08. The maximum Gasteiger partial charge on any atom is 0.0465 e. The molecule has 0 aliphatic rings. The summed E-state index contributed by atoms with van der Waals surface area (Å²) in [7, 11) is 0. The number of para-hydroxylation sites is 1. The van der Waals surface area contributed by atoms with Crippen LogP contribution in [0.3, 0.4) is 0 Å². The summed E-state index contributed by atoms with van der Waals surface area (Å²) in [6, 6.07) is 22.4. The third-order valence-electron chi connectivity index (χ3n) is 5.50. The molecule has 0 amide bonds. The van der Waals surface area contributed by atoms with Gasteiger partial charge in [-0.3, -0.25) is 0 Å². The van der Waals surface area contributed by atoms with Gasteiger partial charge in [0.1, 0.15) is 0 Å². The van der Waals surface area contributed by atoms with Crippen LogP contribution < -0.4 is 0 Å². The highest BCUT2D eigenvalue weighted by Crippen LogP contribution is 2.36. The summed E-state index contributed by atoms with van der Waals surface area (Å²) in [5, 5.41) is 2.58. The molecule has 0 aliphatic carbocycles. The maximum atomic E-state index is 3.53. The van der Waals surface area contributed by atoms with Gasteiger partial charge >= 0.3 is 0 Å². The van der Waals surface area contributed by atoms with E-state index in [1.54, 1.807) is 0 Å². The molecule has 1 aromatic heterocycles. The zero-order chi connectivity index (χ0) is 19.4. The molecule has 4 rings (SSSR count). The van der Waals surface area contributed by atoms with Crippen molar-refractivity contribution in [1.29, 1.82) is 0 Å². The van der Waals surface area contributed by atoms with Crippen molar-refractivity contribution in [2.45, 2.75) is 52.4 Å². The van der Waals surface area contributed by atoms with Gasteiger partial charge in [-0.2, -0.15) is 0 Å². The van der Waals surface area contributed by atoms with E-state index < -0.39 is 0 Å². The van der Waals surface area contributed by atoms with Gasteiger partial charge in [0.25, 0.3) is 0 Å². The topological polar surface area (TPSA) is 15.8 Å². The van der Waals surface area contributed by atoms with Crippen molar-refractivity contribution in [1.82, 2.24) is 4.98 Å². The molecule has 0 unspecified atom stereocenters. The van der Waals surface area contributed by atoms with Gasteiger partial charge in [0.05, 0.1) is 0 Å². The molecule has 1 heteroatoms. The first-order valence-corrected chi connectivity index (χ1v) is 9.80. The van der Waals surface area contributed by atoms with E-state index in [1.165, 1.54) is 44.1 Å². The van der Waals surface area contributed by atoms with Crippen molar-refractivity contribution < 1.29 is 0 Å². The molecule has 1 nitrogen and oxygen atoms in total. The van der Waals surface area contributed by atoms with Gasteiger partial charge in [-0.05, 0) is 51.3 Å². The van der Waals surface area contributed by atoms with Crippen LogP contribution in [-0.2, 0) is 10.8 Å². The first kappa shape index (κ1) is 17.9. The fourth-order valence-electron chi connectivity index (χ4n) is 3.69. The Balaban J connectivity index is 1.95. The summed E-state index contributed by atoms with van der Waals surface area (Å²) in [4.78, 5) is 3.53. The maximum absolute atomic E-state index is 3.53. The molecule has 1 N–H and O–H groups in total. The number of aromatic amines is 1. The molecule has 1 heterocycles. The van der Waals surface area contributed by atoms with Gasteiger partial charge in [0.2, 0.25) is 0 Å². The summed E-state index contributed by atoms with van der Waals surface area (Å²) in [6.07, 6.45) is 0. The smallest absolute Gasteiger partial charge is 0.0465 e. The lowest BCUT2D eigenvalue weighted by Crippen LogP contribution is -2.16. The van der Waals surface area contributed by atoms with E-state index >= 15 is 0 Å². The third kappa shape index (κ3) is 3.27. The Morgan fingerprint density at radius 1 is 0.556 bits per heavy atom. The fraction of sp³-hybridized carbons (Fsp3) is 0.308. The van der Waals surface area contributed by atoms with Gasteiger partial charge < -0.3 is 4.98 Å². The number of nitrogens with one attached hydrogen (secondary N) is 1. The monoisotopic (exact) mass is 355 g/mol. The first-order chi connectivity index (χ1) is 12.6. The van der Waals surface area contributed by atoms with Gasteiger partial charge in [0, 0.05) is 21.8 Å². The minimum absolute atomic E-state index is 0.126. The molecular weight excluding hydrogens is 326 g/mol. The molecular formula is C26H29N. The highest BCUT2D eigenvalue weighted by Gasteiger charge is 2.21. The van der Waals surface area contributed by atoms with E-state index in [0.29, 0.717) is 0 Å². The lowest BCUT2D eigenvalue weighted by Gasteiger charge is -2.26. The molecule has 138 valence electrons. The van der Waals surface area contributed by atoms with Crippen LogP contribution in [0.2, 0.25) is 0 Å². The van der Waals surface area contributed by atoms with Gasteiger partial charge in [-0.15, -0.1) is 0 Å². The normalized spacial score (nSPS) is 12.8. The number of hydrogen-bond donors (Lipinski definition) is 1. The predicted molar refractivity (Wildman–Crippen MR) is 119 cm³/mol. The largest absolute Gasteiger partial charge is 0.355 e. The van der Waals surface area contributed by atoms with E-state index in [9.17, 15) is 0 Å². The van der Waals surface area contributed by atoms with Crippen LogP contribution in [0.4, 0.5) is 0 Å². The zero-order valence-corrected chi connectivity index (χ0v) is 17.3. The Labute approximate surface area is 162 Å². The highest BCUT2D eigenvalue weighted by atomic mass is 14.7. The molecule has 0 aliphatic heterocycles. The van der Waals surface area contributed by atoms with Crippen LogP contribution in [0.5, 0.6) is 0 Å². The summed E-state index contributed by atoms with van der Waals surface area (Å²) in [5.41, 5.74) is 8.02. The fourth-order valence-corrected chi connectivity index (χ4v) is 3.69. The third-order valence-corrected chi connectivity index (χ3v) is 5.50. The molecule has 0 fully saturated rings. The summed E-state index contributed by atoms with van der Waals surface area (Å²) in [6.45, 7) is 13.8. The van der Waals surface area contributed by atoms with E-state index in [0.717, 1.165) is 0 Å². The van der Waals surface area contributed by atoms with Gasteiger partial charge in [-0.25, -0.2) is 0 Å². The average Bonchev–Trinajstić information content (AvgIpc) is 2.97. The second kappa shape index (κ2) is 5.99. The molecule has 0 atom stereocenters. The lowest BCUT2D eigenvalue weighted by molar-refractivity contribution is 0.569. The van der Waals surface area contributed by atoms with Crippen molar-refractivity contribution in [3.8, 4) is 11.1 Å². The molecule has 3 aromatic carbocycles. The van der Waals surface area contributed by atoms with Crippen LogP contribution in [0.15, 0.2) is 60.7 Å². The van der Waals surface area contributed by atoms with E-state index in [1.807, 2.05) is 0 Å². The molecule has 4 aromatic rings. The van der Waals surface area contributed by atoms with E-state index in [2.05, 4.69) is 107 Å². The second-order valence-electron chi connectivity index (χ2n) is 9.73. The minimum atomic E-state index is 0.126. The van der Waals surface area contributed by atoms with Crippen molar-refractivity contribution in [2.24, 2.45) is 0 Å². The molecule has 0 saturated heterocycles. The Morgan fingerprint density at radius 3 is 1.78 bits per heavy atom. The van der Waals surface area contributed by atoms with Crippen molar-refractivity contribution in [2.75, 3.05) is 0 Å². The predicted octanol–water partition coefficient (Wildman–Crippen LogP) is 7.58. The quantitative estimate of drug-likeness (QED) is 0.362. The zero-order valence-electron chi connectivity index (χ0n) is 17.3. The van der Waals surface area contributed by atoms with Crippen molar-refractivity contribution in [3.63, 3.8) is 0 Å². The van der Waals surface area contributed by atoms with Crippen LogP contribution in [0.1, 0.15) is 52.7 Å². The number of H-pyrrole nitrogens is 1. The van der Waals surface area contributed by atoms with Crippen molar-refractivity contribution in [3.05, 3.63) is 71.8 Å². The molecule has 0 spiro atoms. The summed E-state index contributed by atoms with van der Waals surface area (Å²) in [5.74, 6) is 0. The number of fused-ring (bicyclic) bond motifs is 3. The summed E-state index contributed by atoms with van der Waals surface area (Å²) < 4.78 is 0. The number of aromatic nitrogens is 1. The van der Waals surface area contributed by atoms with Crippen LogP contribution in [-0.4, -0.2) is 4.98 Å². The molecule has 0 radical (unpaired) electrons. The van der Waals surface area contributed by atoms with Crippen molar-refractivity contribution >= 4 is 21.8 Å². The average molecular weight is 356 g/mol. The lowest BCUT2D eigenvalue weighted by atomic mass is 9.79. The number of hydrogen-bond acceptors (Lipinski definition) is 0. The van der Waals surface area contributed by atoms with E-state index in [-0.39, 0.29) is 10.8 Å². The molecule has 0 bridgehead atoms. The summed E-state index contributed by atoms with van der Waals surface area (Å²) >= 11 is 0. The molecule has 27 heavy (non-hydrogen) atoms. The molecule has 0 saturated carbocycles. The first-order valence-electron chi connectivity index (χ1n) is 9.80. The Kier molecular flexibility index (Phi) is 3.96. The Hall–Kier alpha value is -2.54. The second-order valence-corrected chi connectivity index (χ2v) is 9.73. The van der Waals surface area contributed by atoms with Crippen LogP contribution >= 0.6 is 0 Å². The van der Waals surface area contributed by atoms with Crippen LogP contribution in [0, 0.1) is 0 Å². The Bertz CT molecular complexity index is 1100. The van der Waals surface area contributed by atoms with Crippen LogP contribution in [0.25, 0.3) is 32.9 Å². The standard InChI is InChI=1S/C26H29N/c1-25(2,3)19-13-18(14-20(16-19)26(4,5)6)17-11-12-24-22(15-17)21-9-7-8-10-23(21)27-24/h7-16,27H,1-6H3. The minimum Gasteiger partial charge on any atom is -0.355 e. The number of benzene rings is 3. The Morgan fingerprint density at radius 2 is 1.15 bits per heavy atom.